The van der Waals surface area contributed by atoms with E-state index in [2.05, 4.69) is 29.4 Å². The number of hydrogen-bond acceptors (Lipinski definition) is 4. The van der Waals surface area contributed by atoms with Crippen LogP contribution in [-0.2, 0) is 27.8 Å². The largest absolute Gasteiger partial charge is 0.339 e. The van der Waals surface area contributed by atoms with Crippen molar-refractivity contribution in [2.45, 2.75) is 56.9 Å². The number of pyridine rings is 1. The Morgan fingerprint density at radius 2 is 1.84 bits per heavy atom. The molecule has 0 radical (unpaired) electrons. The second kappa shape index (κ2) is 8.94. The van der Waals surface area contributed by atoms with Crippen molar-refractivity contribution in [3.8, 4) is 0 Å². The minimum absolute atomic E-state index is 0.00638. The Labute approximate surface area is 217 Å². The van der Waals surface area contributed by atoms with Gasteiger partial charge in [0, 0.05) is 60.4 Å². The van der Waals surface area contributed by atoms with Gasteiger partial charge in [0.1, 0.15) is 0 Å². The molecule has 1 N–H and O–H groups in total. The summed E-state index contributed by atoms with van der Waals surface area (Å²) in [5, 5.41) is 3.02. The Bertz CT molecular complexity index is 1400. The Balaban J connectivity index is 1.23. The summed E-state index contributed by atoms with van der Waals surface area (Å²) in [6.45, 7) is 4.73. The zero-order chi connectivity index (χ0) is 25.7. The van der Waals surface area contributed by atoms with Gasteiger partial charge < -0.3 is 10.2 Å². The standard InChI is InChI=1S/C31H31N3O3/c1-3-34-19(2)24(20-9-5-4-6-10-20)14-21(29(34)36)15-28(35)23-13-22-16-31(17-27(22)32-18-23)25-11-7-8-12-26(25)33-30(31)37/h4-13,18-19,21,24H,3,14-17H2,1-2H3,(H,33,37)/t19-,21-,24-,31+/m1/s1. The summed E-state index contributed by atoms with van der Waals surface area (Å²) in [5.41, 5.74) is 4.74. The summed E-state index contributed by atoms with van der Waals surface area (Å²) >= 11 is 0. The van der Waals surface area contributed by atoms with Crippen LogP contribution in [0.3, 0.4) is 0 Å². The predicted octanol–water partition coefficient (Wildman–Crippen LogP) is 4.68. The van der Waals surface area contributed by atoms with E-state index < -0.39 is 5.41 Å². The first kappa shape index (κ1) is 23.6. The van der Waals surface area contributed by atoms with Gasteiger partial charge in [-0.2, -0.15) is 0 Å². The average molecular weight is 494 g/mol. The monoisotopic (exact) mass is 493 g/mol. The lowest BCUT2D eigenvalue weighted by Gasteiger charge is -2.42. The first-order chi connectivity index (χ1) is 17.9. The number of carbonyl (C=O) groups is 3. The number of aromatic nitrogens is 1. The molecular weight excluding hydrogens is 462 g/mol. The van der Waals surface area contributed by atoms with E-state index in [1.807, 2.05) is 60.4 Å². The second-order valence-corrected chi connectivity index (χ2v) is 10.7. The molecule has 188 valence electrons. The van der Waals surface area contributed by atoms with Gasteiger partial charge in [-0.05, 0) is 55.5 Å². The van der Waals surface area contributed by atoms with Crippen molar-refractivity contribution in [1.82, 2.24) is 9.88 Å². The number of benzene rings is 2. The quantitative estimate of drug-likeness (QED) is 0.524. The van der Waals surface area contributed by atoms with Crippen LogP contribution in [0.4, 0.5) is 5.69 Å². The number of ketones is 1. The topological polar surface area (TPSA) is 79.4 Å². The molecule has 0 bridgehead atoms. The molecule has 37 heavy (non-hydrogen) atoms. The van der Waals surface area contributed by atoms with Crippen LogP contribution in [0.5, 0.6) is 0 Å². The summed E-state index contributed by atoms with van der Waals surface area (Å²) in [6.07, 6.45) is 3.51. The van der Waals surface area contributed by atoms with Gasteiger partial charge in [-0.1, -0.05) is 48.5 Å². The number of likely N-dealkylation sites (N-methyl/N-ethyl adjacent to an activating group) is 1. The highest BCUT2D eigenvalue weighted by molar-refractivity contribution is 6.07. The highest BCUT2D eigenvalue weighted by Gasteiger charge is 2.51. The van der Waals surface area contributed by atoms with E-state index in [9.17, 15) is 14.4 Å². The van der Waals surface area contributed by atoms with E-state index in [4.69, 9.17) is 0 Å². The summed E-state index contributed by atoms with van der Waals surface area (Å²) in [7, 11) is 0. The number of hydrogen-bond donors (Lipinski definition) is 1. The van der Waals surface area contributed by atoms with Gasteiger partial charge in [-0.3, -0.25) is 19.4 Å². The van der Waals surface area contributed by atoms with Gasteiger partial charge in [0.25, 0.3) is 0 Å². The van der Waals surface area contributed by atoms with Crippen molar-refractivity contribution in [1.29, 1.82) is 0 Å². The van der Waals surface area contributed by atoms with Crippen molar-refractivity contribution in [2.24, 2.45) is 5.92 Å². The van der Waals surface area contributed by atoms with Crippen LogP contribution in [0.15, 0.2) is 66.9 Å². The molecule has 1 aromatic heterocycles. The maximum Gasteiger partial charge on any atom is 0.235 e. The first-order valence-electron chi connectivity index (χ1n) is 13.2. The minimum Gasteiger partial charge on any atom is -0.339 e. The fraction of sp³-hybridized carbons (Fsp3) is 0.355. The molecule has 0 saturated carbocycles. The van der Waals surface area contributed by atoms with Crippen LogP contribution >= 0.6 is 0 Å². The maximum atomic E-state index is 13.5. The number of Topliss-reactive ketones (excluding diaryl/α,β-unsaturated/α-hetero) is 1. The number of piperidine rings is 1. The molecule has 1 spiro atoms. The molecule has 4 atom stereocenters. The zero-order valence-corrected chi connectivity index (χ0v) is 21.2. The number of rotatable bonds is 5. The Morgan fingerprint density at radius 3 is 2.62 bits per heavy atom. The number of amides is 2. The fourth-order valence-corrected chi connectivity index (χ4v) is 6.73. The number of nitrogens with one attached hydrogen (secondary N) is 1. The molecule has 3 heterocycles. The van der Waals surface area contributed by atoms with Crippen LogP contribution in [-0.4, -0.2) is 40.1 Å². The highest BCUT2D eigenvalue weighted by Crippen LogP contribution is 2.47. The zero-order valence-electron chi connectivity index (χ0n) is 21.2. The third-order valence-electron chi connectivity index (χ3n) is 8.71. The number of anilines is 1. The van der Waals surface area contributed by atoms with Crippen LogP contribution in [0.25, 0.3) is 0 Å². The predicted molar refractivity (Wildman–Crippen MR) is 141 cm³/mol. The molecule has 2 aromatic carbocycles. The molecule has 3 aromatic rings. The lowest BCUT2D eigenvalue weighted by atomic mass is 9.77. The van der Waals surface area contributed by atoms with Crippen LogP contribution in [0.1, 0.15) is 65.3 Å². The van der Waals surface area contributed by atoms with E-state index in [-0.39, 0.29) is 41.9 Å². The Hall–Kier alpha value is -3.80. The molecule has 6 rings (SSSR count). The number of carbonyl (C=O) groups excluding carboxylic acids is 3. The number of nitrogens with zero attached hydrogens (tertiary/aromatic N) is 2. The number of para-hydroxylation sites is 1. The van der Waals surface area contributed by atoms with E-state index in [1.165, 1.54) is 5.56 Å². The Morgan fingerprint density at radius 1 is 1.08 bits per heavy atom. The molecular formula is C31H31N3O3. The van der Waals surface area contributed by atoms with E-state index in [1.54, 1.807) is 6.20 Å². The van der Waals surface area contributed by atoms with Gasteiger partial charge in [0.15, 0.2) is 5.78 Å². The van der Waals surface area contributed by atoms with Crippen LogP contribution in [0, 0.1) is 5.92 Å². The average Bonchev–Trinajstić information content (AvgIpc) is 3.43. The second-order valence-electron chi connectivity index (χ2n) is 10.7. The molecule has 1 aliphatic carbocycles. The third kappa shape index (κ3) is 3.78. The highest BCUT2D eigenvalue weighted by atomic mass is 16.2. The Kier molecular flexibility index (Phi) is 5.70. The van der Waals surface area contributed by atoms with Gasteiger partial charge in [0.2, 0.25) is 11.8 Å². The maximum absolute atomic E-state index is 13.5. The molecule has 1 saturated heterocycles. The van der Waals surface area contributed by atoms with Crippen molar-refractivity contribution in [2.75, 3.05) is 11.9 Å². The normalized spacial score (nSPS) is 26.2. The SMILES string of the molecule is CCN1C(=O)[C@@H](CC(=O)c2cnc3c(c2)C[C@@]2(C3)C(=O)Nc3ccccc32)C[C@@H](c2ccccc2)[C@H]1C. The van der Waals surface area contributed by atoms with Crippen molar-refractivity contribution >= 4 is 23.3 Å². The van der Waals surface area contributed by atoms with Gasteiger partial charge in [0.05, 0.1) is 5.41 Å². The summed E-state index contributed by atoms with van der Waals surface area (Å²) < 4.78 is 0. The van der Waals surface area contributed by atoms with Crippen LogP contribution in [0.2, 0.25) is 0 Å². The molecule has 3 aliphatic rings. The molecule has 6 heteroatoms. The number of likely N-dealkylation sites (tertiary alicyclic amines) is 1. The lowest BCUT2D eigenvalue weighted by molar-refractivity contribution is -0.142. The first-order valence-corrected chi connectivity index (χ1v) is 13.2. The molecule has 2 amide bonds. The summed E-state index contributed by atoms with van der Waals surface area (Å²) in [4.78, 5) is 46.4. The van der Waals surface area contributed by atoms with E-state index >= 15 is 0 Å². The smallest absolute Gasteiger partial charge is 0.235 e. The summed E-state index contributed by atoms with van der Waals surface area (Å²) in [6, 6.07) is 20.1. The van der Waals surface area contributed by atoms with Crippen LogP contribution < -0.4 is 5.32 Å². The lowest BCUT2D eigenvalue weighted by Crippen LogP contribution is -2.50. The van der Waals surface area contributed by atoms with Crippen molar-refractivity contribution in [3.63, 3.8) is 0 Å². The fourth-order valence-electron chi connectivity index (χ4n) is 6.73. The van der Waals surface area contributed by atoms with Gasteiger partial charge in [-0.25, -0.2) is 0 Å². The van der Waals surface area contributed by atoms with E-state index in [0.29, 0.717) is 31.4 Å². The molecule has 0 unspecified atom stereocenters. The van der Waals surface area contributed by atoms with Crippen molar-refractivity contribution in [3.05, 3.63) is 94.8 Å². The minimum atomic E-state index is -0.659. The molecule has 6 nitrogen and oxygen atoms in total. The summed E-state index contributed by atoms with van der Waals surface area (Å²) in [5.74, 6) is -0.184. The number of fused-ring (bicyclic) bond motifs is 3. The van der Waals surface area contributed by atoms with Gasteiger partial charge >= 0.3 is 0 Å². The molecule has 2 aliphatic heterocycles. The van der Waals surface area contributed by atoms with Gasteiger partial charge in [-0.15, -0.1) is 0 Å². The van der Waals surface area contributed by atoms with E-state index in [0.717, 1.165) is 22.5 Å². The van der Waals surface area contributed by atoms with Crippen molar-refractivity contribution < 1.29 is 14.4 Å². The third-order valence-corrected chi connectivity index (χ3v) is 8.71. The molecule has 1 fully saturated rings.